The predicted octanol–water partition coefficient (Wildman–Crippen LogP) is 3.99. The summed E-state index contributed by atoms with van der Waals surface area (Å²) >= 11 is 0. The van der Waals surface area contributed by atoms with Gasteiger partial charge in [0.15, 0.2) is 0 Å². The Bertz CT molecular complexity index is 968. The molecule has 0 atom stereocenters. The maximum atomic E-state index is 12.1. The van der Waals surface area contributed by atoms with Crippen LogP contribution in [-0.2, 0) is 10.2 Å². The van der Waals surface area contributed by atoms with E-state index in [0.29, 0.717) is 22.3 Å². The molecule has 0 aliphatic carbocycles. The highest BCUT2D eigenvalue weighted by atomic mass is 16.5. The number of hydrogen-bond donors (Lipinski definition) is 1. The highest BCUT2D eigenvalue weighted by Crippen LogP contribution is 2.29. The van der Waals surface area contributed by atoms with Gasteiger partial charge in [0.05, 0.1) is 11.7 Å². The third kappa shape index (κ3) is 3.54. The summed E-state index contributed by atoms with van der Waals surface area (Å²) in [6.45, 7) is 9.91. The van der Waals surface area contributed by atoms with E-state index in [9.17, 15) is 9.90 Å². The fourth-order valence-corrected chi connectivity index (χ4v) is 2.58. The number of ether oxygens (including phenoxy) is 1. The van der Waals surface area contributed by atoms with Gasteiger partial charge < -0.3 is 9.84 Å². The van der Waals surface area contributed by atoms with Crippen LogP contribution < -0.4 is 0 Å². The number of esters is 1. The van der Waals surface area contributed by atoms with Gasteiger partial charge in [-0.25, -0.2) is 4.79 Å². The first-order valence-corrected chi connectivity index (χ1v) is 8.57. The van der Waals surface area contributed by atoms with E-state index in [2.05, 4.69) is 31.0 Å². The number of carbonyl (C=O) groups is 1. The van der Waals surface area contributed by atoms with Gasteiger partial charge in [0.1, 0.15) is 22.5 Å². The molecule has 0 saturated heterocycles. The lowest BCUT2D eigenvalue weighted by Crippen LogP contribution is -2.12. The maximum absolute atomic E-state index is 12.1. The summed E-state index contributed by atoms with van der Waals surface area (Å²) in [5.74, 6) is -0.299. The molecular weight excluding hydrogens is 330 g/mol. The average Bonchev–Trinajstić information content (AvgIpc) is 2.96. The summed E-state index contributed by atoms with van der Waals surface area (Å²) in [6.07, 6.45) is -0.189. The van der Waals surface area contributed by atoms with E-state index >= 15 is 0 Å². The van der Waals surface area contributed by atoms with E-state index in [1.165, 1.54) is 4.80 Å². The Morgan fingerprint density at radius 3 is 2.42 bits per heavy atom. The number of hydrogen-bond acceptors (Lipinski definition) is 5. The minimum Gasteiger partial charge on any atom is -0.506 e. The molecule has 3 aromatic rings. The molecule has 1 heterocycles. The van der Waals surface area contributed by atoms with Crippen LogP contribution in [0.5, 0.6) is 5.75 Å². The Labute approximate surface area is 152 Å². The molecule has 6 heteroatoms. The van der Waals surface area contributed by atoms with Crippen LogP contribution in [0.2, 0.25) is 0 Å². The van der Waals surface area contributed by atoms with Gasteiger partial charge in [0.25, 0.3) is 0 Å². The molecule has 0 aliphatic rings. The number of aromatic nitrogens is 3. The maximum Gasteiger partial charge on any atom is 0.338 e. The molecule has 0 aliphatic heterocycles. The van der Waals surface area contributed by atoms with Crippen molar-refractivity contribution in [1.82, 2.24) is 15.0 Å². The predicted molar refractivity (Wildman–Crippen MR) is 99.8 cm³/mol. The molecule has 0 unspecified atom stereocenters. The Morgan fingerprint density at radius 1 is 1.08 bits per heavy atom. The molecule has 3 rings (SSSR count). The summed E-state index contributed by atoms with van der Waals surface area (Å²) < 4.78 is 5.21. The second-order valence-electron chi connectivity index (χ2n) is 7.60. The molecular formula is C20H23N3O3. The van der Waals surface area contributed by atoms with E-state index in [4.69, 9.17) is 4.74 Å². The zero-order valence-electron chi connectivity index (χ0n) is 15.6. The van der Waals surface area contributed by atoms with Crippen LogP contribution in [-0.4, -0.2) is 32.2 Å². The molecule has 1 aromatic heterocycles. The molecule has 2 aromatic carbocycles. The third-order valence-corrected chi connectivity index (χ3v) is 4.02. The van der Waals surface area contributed by atoms with Crippen LogP contribution in [0.1, 0.15) is 50.5 Å². The molecule has 6 nitrogen and oxygen atoms in total. The Hall–Kier alpha value is -2.89. The smallest absolute Gasteiger partial charge is 0.338 e. The van der Waals surface area contributed by atoms with Gasteiger partial charge in [0, 0.05) is 0 Å². The van der Waals surface area contributed by atoms with Crippen molar-refractivity contribution in [2.75, 3.05) is 0 Å². The Balaban J connectivity index is 2.03. The minimum atomic E-state index is -0.394. The van der Waals surface area contributed by atoms with Crippen molar-refractivity contribution in [1.29, 1.82) is 0 Å². The number of benzene rings is 2. The normalized spacial score (nSPS) is 11.9. The first-order valence-electron chi connectivity index (χ1n) is 8.57. The summed E-state index contributed by atoms with van der Waals surface area (Å²) in [6, 6.07) is 10.5. The quantitative estimate of drug-likeness (QED) is 0.721. The zero-order valence-corrected chi connectivity index (χ0v) is 15.6. The highest BCUT2D eigenvalue weighted by Gasteiger charge is 2.18. The van der Waals surface area contributed by atoms with Gasteiger partial charge >= 0.3 is 5.97 Å². The van der Waals surface area contributed by atoms with Crippen LogP contribution >= 0.6 is 0 Å². The van der Waals surface area contributed by atoms with Crippen molar-refractivity contribution >= 4 is 17.0 Å². The van der Waals surface area contributed by atoms with Crippen molar-refractivity contribution in [2.45, 2.75) is 46.1 Å². The topological polar surface area (TPSA) is 77.2 Å². The molecule has 0 amide bonds. The fraction of sp³-hybridized carbons (Fsp3) is 0.350. The largest absolute Gasteiger partial charge is 0.506 e. The molecule has 26 heavy (non-hydrogen) atoms. The van der Waals surface area contributed by atoms with Crippen molar-refractivity contribution in [3.63, 3.8) is 0 Å². The SMILES string of the molecule is CC(C)OC(=O)c1ccc2nn(-c3cc(C(C)(C)C)ccc3O)nc2c1. The van der Waals surface area contributed by atoms with E-state index in [0.717, 1.165) is 5.56 Å². The number of carbonyl (C=O) groups excluding carboxylic acids is 1. The fourth-order valence-electron chi connectivity index (χ4n) is 2.58. The lowest BCUT2D eigenvalue weighted by molar-refractivity contribution is 0.0378. The minimum absolute atomic E-state index is 0.0667. The van der Waals surface area contributed by atoms with Gasteiger partial charge in [-0.05, 0) is 55.2 Å². The first-order chi connectivity index (χ1) is 12.1. The first kappa shape index (κ1) is 17.9. The number of rotatable bonds is 3. The number of phenols is 1. The van der Waals surface area contributed by atoms with Gasteiger partial charge in [-0.1, -0.05) is 26.8 Å². The second kappa shape index (κ2) is 6.44. The Kier molecular flexibility index (Phi) is 4.44. The van der Waals surface area contributed by atoms with Crippen LogP contribution in [0.15, 0.2) is 36.4 Å². The number of aromatic hydroxyl groups is 1. The van der Waals surface area contributed by atoms with Gasteiger partial charge in [-0.15, -0.1) is 15.0 Å². The lowest BCUT2D eigenvalue weighted by Gasteiger charge is -2.19. The summed E-state index contributed by atoms with van der Waals surface area (Å²) in [7, 11) is 0. The van der Waals surface area contributed by atoms with Crippen molar-refractivity contribution in [3.05, 3.63) is 47.5 Å². The molecule has 0 radical (unpaired) electrons. The standard InChI is InChI=1S/C20H23N3O3/c1-12(2)26-19(25)13-6-8-15-16(10-13)22-23(21-15)17-11-14(20(3,4)5)7-9-18(17)24/h6-12,24H,1-5H3. The zero-order chi connectivity index (χ0) is 19.1. The molecule has 1 N–H and O–H groups in total. The van der Waals surface area contributed by atoms with Crippen LogP contribution in [0, 0.1) is 0 Å². The molecule has 0 saturated carbocycles. The number of phenolic OH excluding ortho intramolecular Hbond substituents is 1. The lowest BCUT2D eigenvalue weighted by atomic mass is 9.87. The van der Waals surface area contributed by atoms with Gasteiger partial charge in [-0.3, -0.25) is 0 Å². The number of fused-ring (bicyclic) bond motifs is 1. The van der Waals surface area contributed by atoms with Crippen LogP contribution in [0.25, 0.3) is 16.7 Å². The second-order valence-corrected chi connectivity index (χ2v) is 7.60. The highest BCUT2D eigenvalue weighted by molar-refractivity contribution is 5.93. The van der Waals surface area contributed by atoms with E-state index in [-0.39, 0.29) is 17.3 Å². The van der Waals surface area contributed by atoms with E-state index in [1.807, 2.05) is 12.1 Å². The van der Waals surface area contributed by atoms with Crippen molar-refractivity contribution in [3.8, 4) is 11.4 Å². The van der Waals surface area contributed by atoms with Crippen molar-refractivity contribution < 1.29 is 14.6 Å². The molecule has 0 spiro atoms. The number of nitrogens with zero attached hydrogens (tertiary/aromatic N) is 3. The summed E-state index contributed by atoms with van der Waals surface area (Å²) in [5, 5.41) is 19.1. The average molecular weight is 353 g/mol. The van der Waals surface area contributed by atoms with Gasteiger partial charge in [0.2, 0.25) is 0 Å². The van der Waals surface area contributed by atoms with Crippen molar-refractivity contribution in [2.24, 2.45) is 0 Å². The third-order valence-electron chi connectivity index (χ3n) is 4.02. The van der Waals surface area contributed by atoms with Crippen LogP contribution in [0.4, 0.5) is 0 Å². The van der Waals surface area contributed by atoms with Gasteiger partial charge in [-0.2, -0.15) is 0 Å². The van der Waals surface area contributed by atoms with E-state index in [1.54, 1.807) is 38.1 Å². The monoisotopic (exact) mass is 353 g/mol. The summed E-state index contributed by atoms with van der Waals surface area (Å²) in [4.78, 5) is 13.5. The molecule has 136 valence electrons. The molecule has 0 bridgehead atoms. The van der Waals surface area contributed by atoms with Crippen LogP contribution in [0.3, 0.4) is 0 Å². The Morgan fingerprint density at radius 2 is 1.77 bits per heavy atom. The van der Waals surface area contributed by atoms with E-state index < -0.39 is 5.97 Å². The molecule has 0 fully saturated rings. The summed E-state index contributed by atoms with van der Waals surface area (Å²) in [5.41, 5.74) is 3.11.